The molecule has 2 aromatic rings. The Morgan fingerprint density at radius 3 is 2.31 bits per heavy atom. The van der Waals surface area contributed by atoms with E-state index >= 15 is 0 Å². The standard InChI is InChI=1S/C24H30N2O3/c1-16-8-9-17(2)21(14-16)26-24(28)19-12-10-18(11-13-19)23(27)25-15-20-6-4-5-7-22(20)29-3/h4-9,14,18-19H,10-13,15H2,1-3H3,(H,25,27)(H,26,28). The molecule has 154 valence electrons. The molecule has 5 nitrogen and oxygen atoms in total. The number of aryl methyl sites for hydroxylation is 2. The molecule has 2 N–H and O–H groups in total. The van der Waals surface area contributed by atoms with Gasteiger partial charge >= 0.3 is 0 Å². The first-order valence-electron chi connectivity index (χ1n) is 10.3. The van der Waals surface area contributed by atoms with Crippen molar-refractivity contribution < 1.29 is 14.3 Å². The third-order valence-corrected chi connectivity index (χ3v) is 5.77. The summed E-state index contributed by atoms with van der Waals surface area (Å²) in [7, 11) is 1.63. The molecule has 1 fully saturated rings. The normalized spacial score (nSPS) is 18.7. The van der Waals surface area contributed by atoms with Crippen molar-refractivity contribution in [2.24, 2.45) is 11.8 Å². The van der Waals surface area contributed by atoms with Crippen LogP contribution in [0.1, 0.15) is 42.4 Å². The van der Waals surface area contributed by atoms with Gasteiger partial charge in [0.25, 0.3) is 0 Å². The van der Waals surface area contributed by atoms with Crippen molar-refractivity contribution in [1.82, 2.24) is 5.32 Å². The van der Waals surface area contributed by atoms with Crippen LogP contribution in [-0.4, -0.2) is 18.9 Å². The summed E-state index contributed by atoms with van der Waals surface area (Å²) in [5.74, 6) is 0.832. The maximum Gasteiger partial charge on any atom is 0.227 e. The van der Waals surface area contributed by atoms with Crippen LogP contribution in [0, 0.1) is 25.7 Å². The van der Waals surface area contributed by atoms with Gasteiger partial charge in [-0.1, -0.05) is 30.3 Å². The molecule has 0 bridgehead atoms. The maximum absolute atomic E-state index is 12.7. The Bertz CT molecular complexity index is 870. The van der Waals surface area contributed by atoms with Gasteiger partial charge in [0.05, 0.1) is 7.11 Å². The van der Waals surface area contributed by atoms with Gasteiger partial charge in [-0.15, -0.1) is 0 Å². The van der Waals surface area contributed by atoms with Gasteiger partial charge in [0.1, 0.15) is 5.75 Å². The number of para-hydroxylation sites is 1. The zero-order chi connectivity index (χ0) is 20.8. The van der Waals surface area contributed by atoms with Crippen LogP contribution in [0.4, 0.5) is 5.69 Å². The number of amides is 2. The highest BCUT2D eigenvalue weighted by Crippen LogP contribution is 2.30. The molecule has 0 atom stereocenters. The maximum atomic E-state index is 12.7. The highest BCUT2D eigenvalue weighted by molar-refractivity contribution is 5.93. The Hall–Kier alpha value is -2.82. The number of hydrogen-bond acceptors (Lipinski definition) is 3. The second-order valence-corrected chi connectivity index (χ2v) is 7.89. The average Bonchev–Trinajstić information content (AvgIpc) is 2.74. The lowest BCUT2D eigenvalue weighted by Gasteiger charge is -2.27. The van der Waals surface area contributed by atoms with Crippen molar-refractivity contribution in [1.29, 1.82) is 0 Å². The van der Waals surface area contributed by atoms with Crippen molar-refractivity contribution in [3.63, 3.8) is 0 Å². The Balaban J connectivity index is 1.48. The molecule has 0 saturated heterocycles. The summed E-state index contributed by atoms with van der Waals surface area (Å²) in [5, 5.41) is 6.09. The Morgan fingerprint density at radius 1 is 0.966 bits per heavy atom. The van der Waals surface area contributed by atoms with E-state index in [1.807, 2.05) is 56.3 Å². The van der Waals surface area contributed by atoms with Crippen molar-refractivity contribution >= 4 is 17.5 Å². The number of ether oxygens (including phenoxy) is 1. The summed E-state index contributed by atoms with van der Waals surface area (Å²) in [4.78, 5) is 25.2. The molecule has 0 aromatic heterocycles. The molecule has 0 heterocycles. The highest BCUT2D eigenvalue weighted by atomic mass is 16.5. The van der Waals surface area contributed by atoms with E-state index in [0.717, 1.165) is 53.8 Å². The van der Waals surface area contributed by atoms with Gasteiger partial charge in [-0.3, -0.25) is 9.59 Å². The van der Waals surface area contributed by atoms with E-state index in [-0.39, 0.29) is 23.7 Å². The molecule has 2 amide bonds. The molecule has 29 heavy (non-hydrogen) atoms. The summed E-state index contributed by atoms with van der Waals surface area (Å²) < 4.78 is 5.33. The molecule has 0 radical (unpaired) electrons. The number of rotatable bonds is 6. The van der Waals surface area contributed by atoms with Crippen LogP contribution in [0.15, 0.2) is 42.5 Å². The quantitative estimate of drug-likeness (QED) is 0.764. The first kappa shape index (κ1) is 20.9. The Labute approximate surface area is 172 Å². The predicted molar refractivity (Wildman–Crippen MR) is 115 cm³/mol. The minimum absolute atomic E-state index is 0.0329. The number of anilines is 1. The molecular formula is C24H30N2O3. The summed E-state index contributed by atoms with van der Waals surface area (Å²) in [5.41, 5.74) is 4.03. The molecule has 1 aliphatic rings. The van der Waals surface area contributed by atoms with Gasteiger partial charge in [0, 0.05) is 29.6 Å². The van der Waals surface area contributed by atoms with E-state index in [4.69, 9.17) is 4.74 Å². The van der Waals surface area contributed by atoms with E-state index in [9.17, 15) is 9.59 Å². The third-order valence-electron chi connectivity index (χ3n) is 5.77. The molecular weight excluding hydrogens is 364 g/mol. The summed E-state index contributed by atoms with van der Waals surface area (Å²) in [6.45, 7) is 4.47. The van der Waals surface area contributed by atoms with Crippen LogP contribution < -0.4 is 15.4 Å². The first-order chi connectivity index (χ1) is 14.0. The summed E-state index contributed by atoms with van der Waals surface area (Å²) in [6, 6.07) is 13.8. The van der Waals surface area contributed by atoms with Gasteiger partial charge in [0.2, 0.25) is 11.8 Å². The molecule has 1 aliphatic carbocycles. The SMILES string of the molecule is COc1ccccc1CNC(=O)C1CCC(C(=O)Nc2cc(C)ccc2C)CC1. The topological polar surface area (TPSA) is 67.4 Å². The second-order valence-electron chi connectivity index (χ2n) is 7.89. The monoisotopic (exact) mass is 394 g/mol. The fourth-order valence-electron chi connectivity index (χ4n) is 3.90. The zero-order valence-corrected chi connectivity index (χ0v) is 17.5. The molecule has 3 rings (SSSR count). The number of methoxy groups -OCH3 is 1. The largest absolute Gasteiger partial charge is 0.496 e. The Kier molecular flexibility index (Phi) is 6.91. The van der Waals surface area contributed by atoms with Gasteiger partial charge in [-0.25, -0.2) is 0 Å². The van der Waals surface area contributed by atoms with Crippen LogP contribution in [0.3, 0.4) is 0 Å². The van der Waals surface area contributed by atoms with E-state index < -0.39 is 0 Å². The van der Waals surface area contributed by atoms with Gasteiger partial charge in [-0.05, 0) is 62.8 Å². The van der Waals surface area contributed by atoms with E-state index in [0.29, 0.717) is 6.54 Å². The van der Waals surface area contributed by atoms with Crippen LogP contribution in [0.25, 0.3) is 0 Å². The minimum atomic E-state index is -0.0341. The predicted octanol–water partition coefficient (Wildman–Crippen LogP) is 4.37. The van der Waals surface area contributed by atoms with Crippen molar-refractivity contribution in [3.05, 3.63) is 59.2 Å². The molecule has 5 heteroatoms. The fourth-order valence-corrected chi connectivity index (χ4v) is 3.90. The number of benzene rings is 2. The Morgan fingerprint density at radius 2 is 1.62 bits per heavy atom. The molecule has 2 aromatic carbocycles. The lowest BCUT2D eigenvalue weighted by molar-refractivity contribution is -0.128. The average molecular weight is 395 g/mol. The van der Waals surface area contributed by atoms with Gasteiger partial charge in [0.15, 0.2) is 0 Å². The van der Waals surface area contributed by atoms with Crippen molar-refractivity contribution in [2.75, 3.05) is 12.4 Å². The van der Waals surface area contributed by atoms with Crippen molar-refractivity contribution in [3.8, 4) is 5.75 Å². The van der Waals surface area contributed by atoms with Gasteiger partial charge in [-0.2, -0.15) is 0 Å². The van der Waals surface area contributed by atoms with E-state index in [1.165, 1.54) is 0 Å². The molecule has 0 spiro atoms. The van der Waals surface area contributed by atoms with E-state index in [2.05, 4.69) is 10.6 Å². The minimum Gasteiger partial charge on any atom is -0.496 e. The third kappa shape index (κ3) is 5.37. The van der Waals surface area contributed by atoms with E-state index in [1.54, 1.807) is 7.11 Å². The molecule has 0 unspecified atom stereocenters. The molecule has 1 saturated carbocycles. The van der Waals surface area contributed by atoms with Crippen LogP contribution in [0.5, 0.6) is 5.75 Å². The summed E-state index contributed by atoms with van der Waals surface area (Å²) in [6.07, 6.45) is 2.96. The van der Waals surface area contributed by atoms with Crippen molar-refractivity contribution in [2.45, 2.75) is 46.1 Å². The van der Waals surface area contributed by atoms with Gasteiger partial charge < -0.3 is 15.4 Å². The highest BCUT2D eigenvalue weighted by Gasteiger charge is 2.30. The number of nitrogens with one attached hydrogen (secondary N) is 2. The second kappa shape index (κ2) is 9.59. The summed E-state index contributed by atoms with van der Waals surface area (Å²) >= 11 is 0. The lowest BCUT2D eigenvalue weighted by atomic mass is 9.81. The van der Waals surface area contributed by atoms with Crippen LogP contribution >= 0.6 is 0 Å². The smallest absolute Gasteiger partial charge is 0.227 e. The number of carbonyl (C=O) groups excluding carboxylic acids is 2. The molecule has 0 aliphatic heterocycles. The number of carbonyl (C=O) groups is 2. The first-order valence-corrected chi connectivity index (χ1v) is 10.3. The zero-order valence-electron chi connectivity index (χ0n) is 17.5. The number of hydrogen-bond donors (Lipinski definition) is 2. The lowest BCUT2D eigenvalue weighted by Crippen LogP contribution is -2.35. The fraction of sp³-hybridized carbons (Fsp3) is 0.417. The van der Waals surface area contributed by atoms with Crippen LogP contribution in [0.2, 0.25) is 0 Å². The van der Waals surface area contributed by atoms with Crippen LogP contribution in [-0.2, 0) is 16.1 Å².